The summed E-state index contributed by atoms with van der Waals surface area (Å²) in [6.45, 7) is 5.21. The number of amides is 2. The summed E-state index contributed by atoms with van der Waals surface area (Å²) in [5, 5.41) is 16.9. The average Bonchev–Trinajstić information content (AvgIpc) is 3.56. The number of carbonyl (C=O) groups excluding carboxylic acids is 2. The van der Waals surface area contributed by atoms with Gasteiger partial charge < -0.3 is 4.98 Å². The molecule has 6 rings (SSSR count). The lowest BCUT2D eigenvalue weighted by atomic mass is 9.56. The summed E-state index contributed by atoms with van der Waals surface area (Å²) in [6, 6.07) is 11.6. The topological polar surface area (TPSA) is 120 Å². The van der Waals surface area contributed by atoms with Gasteiger partial charge in [0, 0.05) is 23.5 Å². The van der Waals surface area contributed by atoms with Crippen LogP contribution in [0, 0.1) is 23.2 Å². The number of hydrogen-bond acceptors (Lipinski definition) is 6. The first-order valence-electron chi connectivity index (χ1n) is 13.2. The van der Waals surface area contributed by atoms with E-state index in [0.29, 0.717) is 35.8 Å². The van der Waals surface area contributed by atoms with Gasteiger partial charge >= 0.3 is 0 Å². The fourth-order valence-corrected chi connectivity index (χ4v) is 7.42. The number of fused-ring (bicyclic) bond motifs is 2. The molecule has 2 saturated carbocycles. The van der Waals surface area contributed by atoms with Crippen molar-refractivity contribution in [3.63, 3.8) is 0 Å². The highest BCUT2D eigenvalue weighted by molar-refractivity contribution is 7.80. The predicted octanol–water partition coefficient (Wildman–Crippen LogP) is 4.34. The molecule has 2 aromatic heterocycles. The fraction of sp³-hybridized carbons (Fsp3) is 0.429. The minimum Gasteiger partial charge on any atom is -0.355 e. The monoisotopic (exact) mass is 529 g/mol. The molecule has 196 valence electrons. The van der Waals surface area contributed by atoms with Crippen molar-refractivity contribution in [3.05, 3.63) is 47.7 Å². The van der Waals surface area contributed by atoms with Gasteiger partial charge in [0.15, 0.2) is 10.9 Å². The molecule has 2 aliphatic carbocycles. The molecule has 3 N–H and O–H groups in total. The van der Waals surface area contributed by atoms with Crippen molar-refractivity contribution in [2.24, 2.45) is 23.2 Å². The Bertz CT molecular complexity index is 1390. The van der Waals surface area contributed by atoms with E-state index in [1.54, 1.807) is 11.0 Å². The molecule has 3 aliphatic rings. The summed E-state index contributed by atoms with van der Waals surface area (Å²) in [7, 11) is 0. The molecule has 9 nitrogen and oxygen atoms in total. The number of thiocarbonyl (C=S) groups is 1. The van der Waals surface area contributed by atoms with Crippen molar-refractivity contribution in [2.75, 3.05) is 6.54 Å². The van der Waals surface area contributed by atoms with Gasteiger partial charge in [-0.25, -0.2) is 5.10 Å². The molecule has 10 heteroatoms. The van der Waals surface area contributed by atoms with Crippen LogP contribution < -0.4 is 5.32 Å². The Labute approximate surface area is 226 Å². The second-order valence-electron chi connectivity index (χ2n) is 11.5. The Morgan fingerprint density at radius 1 is 1.03 bits per heavy atom. The van der Waals surface area contributed by atoms with Gasteiger partial charge in [-0.05, 0) is 102 Å². The molecule has 38 heavy (non-hydrogen) atoms. The number of hydrogen-bond donors (Lipinski definition) is 3. The molecule has 2 unspecified atom stereocenters. The van der Waals surface area contributed by atoms with Gasteiger partial charge in [-0.3, -0.25) is 19.8 Å². The summed E-state index contributed by atoms with van der Waals surface area (Å²) < 4.78 is 0. The standard InChI is InChI=1S/C28H31N7O2S/c1-16-9-18-10-17(2)13-28(12-16,14-18)15-35-26(37)22(25(36)30-27(35)38)11-21-7-8-23(29-21)19-3-5-20(6-4-19)24-31-33-34-32-24/h3-8,11,16-18,29H,9-10,12-15H2,1-2H3,(H,30,36,38)(H,31,32,33,34)/b22-11+. The van der Waals surface area contributed by atoms with E-state index >= 15 is 0 Å². The Morgan fingerprint density at radius 2 is 1.74 bits per heavy atom. The summed E-state index contributed by atoms with van der Waals surface area (Å²) >= 11 is 5.50. The fourth-order valence-electron chi connectivity index (χ4n) is 7.18. The lowest BCUT2D eigenvalue weighted by Crippen LogP contribution is -2.58. The van der Waals surface area contributed by atoms with Gasteiger partial charge in [0.1, 0.15) is 5.57 Å². The quantitative estimate of drug-likeness (QED) is 0.257. The van der Waals surface area contributed by atoms with E-state index in [1.807, 2.05) is 36.4 Å². The highest BCUT2D eigenvalue weighted by Gasteiger charge is 2.47. The summed E-state index contributed by atoms with van der Waals surface area (Å²) in [5.41, 5.74) is 3.53. The van der Waals surface area contributed by atoms with E-state index in [-0.39, 0.29) is 22.0 Å². The largest absolute Gasteiger partial charge is 0.355 e. The van der Waals surface area contributed by atoms with Crippen molar-refractivity contribution in [1.82, 2.24) is 35.8 Å². The van der Waals surface area contributed by atoms with Gasteiger partial charge in [-0.2, -0.15) is 0 Å². The Balaban J connectivity index is 1.23. The molecule has 1 aliphatic heterocycles. The number of aromatic amines is 2. The molecule has 0 radical (unpaired) electrons. The zero-order valence-electron chi connectivity index (χ0n) is 21.5. The lowest BCUT2D eigenvalue weighted by Gasteiger charge is -2.52. The molecule has 1 saturated heterocycles. The van der Waals surface area contributed by atoms with Crippen LogP contribution in [0.3, 0.4) is 0 Å². The number of nitrogens with zero attached hydrogens (tertiary/aromatic N) is 4. The summed E-state index contributed by atoms with van der Waals surface area (Å²) in [5.74, 6) is 1.80. The second-order valence-corrected chi connectivity index (χ2v) is 11.9. The molecule has 3 heterocycles. The smallest absolute Gasteiger partial charge is 0.265 e. The first-order chi connectivity index (χ1) is 18.3. The normalized spacial score (nSPS) is 28.6. The SMILES string of the molecule is CC1CC2CC(C)CC(CN3C(=O)/C(=C/c4ccc(-c5ccc(-c6nnn[nH]6)cc5)[nH]4)C(=O)NC3=S)(C1)C2. The maximum absolute atomic E-state index is 13.6. The molecule has 3 fully saturated rings. The van der Waals surface area contributed by atoms with Gasteiger partial charge in [-0.15, -0.1) is 5.10 Å². The molecule has 1 aromatic carbocycles. The minimum atomic E-state index is -0.457. The van der Waals surface area contributed by atoms with Crippen molar-refractivity contribution >= 4 is 35.2 Å². The second kappa shape index (κ2) is 9.58. The number of carbonyl (C=O) groups is 2. The van der Waals surface area contributed by atoms with E-state index in [1.165, 1.54) is 12.8 Å². The predicted molar refractivity (Wildman–Crippen MR) is 147 cm³/mol. The number of tetrazole rings is 1. The molecule has 2 bridgehead atoms. The number of rotatable bonds is 5. The molecular weight excluding hydrogens is 498 g/mol. The van der Waals surface area contributed by atoms with E-state index in [2.05, 4.69) is 44.8 Å². The number of aromatic nitrogens is 5. The molecule has 3 aromatic rings. The van der Waals surface area contributed by atoms with Crippen LogP contribution in [-0.4, -0.2) is 54.0 Å². The lowest BCUT2D eigenvalue weighted by molar-refractivity contribution is -0.131. The Morgan fingerprint density at radius 3 is 2.42 bits per heavy atom. The zero-order valence-corrected chi connectivity index (χ0v) is 22.3. The minimum absolute atomic E-state index is 0.0560. The third kappa shape index (κ3) is 4.69. The highest BCUT2D eigenvalue weighted by Crippen LogP contribution is 2.53. The first-order valence-corrected chi connectivity index (χ1v) is 13.6. The van der Waals surface area contributed by atoms with Crippen LogP contribution in [0.4, 0.5) is 0 Å². The van der Waals surface area contributed by atoms with Crippen LogP contribution in [-0.2, 0) is 9.59 Å². The Hall–Kier alpha value is -3.66. The van der Waals surface area contributed by atoms with Crippen molar-refractivity contribution in [3.8, 4) is 22.6 Å². The van der Waals surface area contributed by atoms with Crippen molar-refractivity contribution < 1.29 is 9.59 Å². The van der Waals surface area contributed by atoms with Crippen molar-refractivity contribution in [2.45, 2.75) is 46.0 Å². The van der Waals surface area contributed by atoms with E-state index < -0.39 is 5.91 Å². The van der Waals surface area contributed by atoms with Crippen molar-refractivity contribution in [1.29, 1.82) is 0 Å². The van der Waals surface area contributed by atoms with Crippen LogP contribution >= 0.6 is 12.2 Å². The number of nitrogens with one attached hydrogen (secondary N) is 3. The molecule has 2 atom stereocenters. The molecule has 0 spiro atoms. The third-order valence-corrected chi connectivity index (χ3v) is 8.58. The van der Waals surface area contributed by atoms with E-state index in [4.69, 9.17) is 12.2 Å². The van der Waals surface area contributed by atoms with Crippen LogP contribution in [0.25, 0.3) is 28.7 Å². The number of benzene rings is 1. The summed E-state index contributed by atoms with van der Waals surface area (Å²) in [6.07, 6.45) is 7.48. The Kier molecular flexibility index (Phi) is 6.22. The van der Waals surface area contributed by atoms with Crippen LogP contribution in [0.2, 0.25) is 0 Å². The van der Waals surface area contributed by atoms with Gasteiger partial charge in [-0.1, -0.05) is 38.1 Å². The van der Waals surface area contributed by atoms with E-state index in [9.17, 15) is 9.59 Å². The zero-order chi connectivity index (χ0) is 26.4. The number of H-pyrrole nitrogens is 2. The molecule has 2 amide bonds. The van der Waals surface area contributed by atoms with Crippen LogP contribution in [0.1, 0.15) is 51.6 Å². The van der Waals surface area contributed by atoms with Gasteiger partial charge in [0.25, 0.3) is 11.8 Å². The average molecular weight is 530 g/mol. The van der Waals surface area contributed by atoms with E-state index in [0.717, 1.165) is 36.1 Å². The third-order valence-electron chi connectivity index (χ3n) is 8.26. The molecular formula is C28H31N7O2S. The van der Waals surface area contributed by atoms with Crippen LogP contribution in [0.5, 0.6) is 0 Å². The first kappa shape index (κ1) is 24.7. The summed E-state index contributed by atoms with van der Waals surface area (Å²) in [4.78, 5) is 31.5. The maximum atomic E-state index is 13.6. The van der Waals surface area contributed by atoms with Gasteiger partial charge in [0.05, 0.1) is 0 Å². The van der Waals surface area contributed by atoms with Crippen LogP contribution in [0.15, 0.2) is 42.0 Å². The maximum Gasteiger partial charge on any atom is 0.265 e. The highest BCUT2D eigenvalue weighted by atomic mass is 32.1. The van der Waals surface area contributed by atoms with Gasteiger partial charge in [0.2, 0.25) is 0 Å².